The van der Waals surface area contributed by atoms with Crippen LogP contribution in [0.15, 0.2) is 36.5 Å². The number of nitrogens with zero attached hydrogens (tertiary/aromatic N) is 3. The van der Waals surface area contributed by atoms with Crippen molar-refractivity contribution in [1.82, 2.24) is 9.78 Å². The van der Waals surface area contributed by atoms with E-state index in [0.717, 1.165) is 30.8 Å². The highest BCUT2D eigenvalue weighted by molar-refractivity contribution is 5.93. The van der Waals surface area contributed by atoms with E-state index in [9.17, 15) is 4.79 Å². The molecular formula is C19H25N3O2. The van der Waals surface area contributed by atoms with E-state index in [-0.39, 0.29) is 11.9 Å². The number of amides is 1. The lowest BCUT2D eigenvalue weighted by atomic mass is 10.0. The number of fused-ring (bicyclic) bond motifs is 1. The van der Waals surface area contributed by atoms with Crippen LogP contribution in [0.25, 0.3) is 0 Å². The van der Waals surface area contributed by atoms with Crippen LogP contribution in [-0.4, -0.2) is 28.8 Å². The smallest absolute Gasteiger partial charge is 0.228 e. The zero-order valence-corrected chi connectivity index (χ0v) is 14.6. The van der Waals surface area contributed by atoms with Crippen LogP contribution in [-0.2, 0) is 11.2 Å². The van der Waals surface area contributed by atoms with Crippen LogP contribution in [0.5, 0.6) is 5.75 Å². The topological polar surface area (TPSA) is 47.4 Å². The third-order valence-corrected chi connectivity index (χ3v) is 4.72. The lowest BCUT2D eigenvalue weighted by molar-refractivity contribution is -0.119. The Labute approximate surface area is 143 Å². The number of ether oxygens (including phenoxy) is 1. The van der Waals surface area contributed by atoms with Crippen molar-refractivity contribution in [2.45, 2.75) is 51.6 Å². The van der Waals surface area contributed by atoms with Crippen LogP contribution in [0.1, 0.15) is 44.7 Å². The normalized spacial score (nSPS) is 19.9. The molecule has 1 aromatic carbocycles. The second kappa shape index (κ2) is 7.07. The molecule has 1 aliphatic rings. The summed E-state index contributed by atoms with van der Waals surface area (Å²) in [6.45, 7) is 4.27. The first-order valence-corrected chi connectivity index (χ1v) is 8.58. The zero-order valence-electron chi connectivity index (χ0n) is 14.6. The molecule has 0 bridgehead atoms. The van der Waals surface area contributed by atoms with Crippen LogP contribution in [0.3, 0.4) is 0 Å². The molecule has 0 N–H and O–H groups in total. The van der Waals surface area contributed by atoms with Crippen molar-refractivity contribution in [2.24, 2.45) is 0 Å². The first-order chi connectivity index (χ1) is 11.6. The quantitative estimate of drug-likeness (QED) is 0.843. The lowest BCUT2D eigenvalue weighted by Crippen LogP contribution is -2.44. The number of hydrogen-bond acceptors (Lipinski definition) is 3. The fraction of sp³-hybridized carbons (Fsp3) is 0.474. The summed E-state index contributed by atoms with van der Waals surface area (Å²) in [7, 11) is 1.67. The third kappa shape index (κ3) is 3.30. The molecule has 0 unspecified atom stereocenters. The summed E-state index contributed by atoms with van der Waals surface area (Å²) in [5, 5.41) is 4.36. The van der Waals surface area contributed by atoms with Crippen molar-refractivity contribution < 1.29 is 9.53 Å². The van der Waals surface area contributed by atoms with Crippen molar-refractivity contribution >= 4 is 11.7 Å². The molecule has 24 heavy (non-hydrogen) atoms. The van der Waals surface area contributed by atoms with Gasteiger partial charge in [0.25, 0.3) is 0 Å². The van der Waals surface area contributed by atoms with Gasteiger partial charge in [0.15, 0.2) is 0 Å². The molecule has 128 valence electrons. The molecule has 2 atom stereocenters. The van der Waals surface area contributed by atoms with Crippen LogP contribution in [0.2, 0.25) is 0 Å². The Kier molecular flexibility index (Phi) is 4.88. The van der Waals surface area contributed by atoms with Gasteiger partial charge in [0.1, 0.15) is 11.6 Å². The van der Waals surface area contributed by atoms with Crippen LogP contribution < -0.4 is 9.64 Å². The van der Waals surface area contributed by atoms with Crippen molar-refractivity contribution in [3.05, 3.63) is 42.1 Å². The van der Waals surface area contributed by atoms with Gasteiger partial charge in [-0.1, -0.05) is 12.1 Å². The van der Waals surface area contributed by atoms with Crippen molar-refractivity contribution in [3.63, 3.8) is 0 Å². The minimum Gasteiger partial charge on any atom is -0.497 e. The highest BCUT2D eigenvalue weighted by Gasteiger charge is 2.31. The summed E-state index contributed by atoms with van der Waals surface area (Å²) in [5.41, 5.74) is 1.23. The van der Waals surface area contributed by atoms with Gasteiger partial charge >= 0.3 is 0 Å². The Hall–Kier alpha value is -2.30. The molecule has 1 aliphatic heterocycles. The summed E-state index contributed by atoms with van der Waals surface area (Å²) in [4.78, 5) is 14.6. The summed E-state index contributed by atoms with van der Waals surface area (Å²) in [6, 6.07) is 10.5. The molecule has 3 rings (SSSR count). The number of methoxy groups -OCH3 is 1. The van der Waals surface area contributed by atoms with Crippen LogP contribution >= 0.6 is 0 Å². The Morgan fingerprint density at radius 3 is 2.67 bits per heavy atom. The highest BCUT2D eigenvalue weighted by atomic mass is 16.5. The van der Waals surface area contributed by atoms with E-state index in [1.165, 1.54) is 5.56 Å². The van der Waals surface area contributed by atoms with Gasteiger partial charge in [0.05, 0.1) is 19.3 Å². The predicted octanol–water partition coefficient (Wildman–Crippen LogP) is 3.60. The molecule has 0 fully saturated rings. The van der Waals surface area contributed by atoms with E-state index < -0.39 is 0 Å². The van der Waals surface area contributed by atoms with Gasteiger partial charge in [-0.2, -0.15) is 5.10 Å². The fourth-order valence-electron chi connectivity index (χ4n) is 3.49. The number of anilines is 1. The van der Waals surface area contributed by atoms with E-state index in [4.69, 9.17) is 4.74 Å². The Balaban J connectivity index is 1.60. The molecule has 1 amide bonds. The standard InChI is InChI=1S/C19H25N3O2/c1-14-13-15(2)22-18(11-12-20-22)21(14)19(23)6-4-5-16-7-9-17(24-3)10-8-16/h7-12,14-15H,4-6,13H2,1-3H3/t14-,15+/m0/s1. The SMILES string of the molecule is COc1ccc(CCCC(=O)N2c3ccnn3[C@H](C)C[C@@H]2C)cc1. The number of aryl methyl sites for hydroxylation is 1. The van der Waals surface area contributed by atoms with Gasteiger partial charge < -0.3 is 4.74 Å². The van der Waals surface area contributed by atoms with Crippen LogP contribution in [0, 0.1) is 0 Å². The summed E-state index contributed by atoms with van der Waals surface area (Å²) < 4.78 is 7.13. The average molecular weight is 327 g/mol. The van der Waals surface area contributed by atoms with Gasteiger partial charge in [0, 0.05) is 18.5 Å². The first-order valence-electron chi connectivity index (χ1n) is 8.58. The number of aromatic nitrogens is 2. The van der Waals surface area contributed by atoms with Gasteiger partial charge in [0.2, 0.25) is 5.91 Å². The summed E-state index contributed by atoms with van der Waals surface area (Å²) >= 11 is 0. The first kappa shape index (κ1) is 16.6. The predicted molar refractivity (Wildman–Crippen MR) is 94.4 cm³/mol. The highest BCUT2D eigenvalue weighted by Crippen LogP contribution is 2.31. The van der Waals surface area contributed by atoms with Gasteiger partial charge in [-0.25, -0.2) is 4.68 Å². The molecule has 2 heterocycles. The number of carbonyl (C=O) groups excluding carboxylic acids is 1. The zero-order chi connectivity index (χ0) is 17.1. The maximum absolute atomic E-state index is 12.7. The molecule has 0 saturated heterocycles. The molecule has 5 nitrogen and oxygen atoms in total. The van der Waals surface area contributed by atoms with Gasteiger partial charge in [-0.3, -0.25) is 9.69 Å². The monoisotopic (exact) mass is 327 g/mol. The molecular weight excluding hydrogens is 302 g/mol. The average Bonchev–Trinajstić information content (AvgIpc) is 3.05. The second-order valence-electron chi connectivity index (χ2n) is 6.53. The van der Waals surface area contributed by atoms with E-state index in [0.29, 0.717) is 12.5 Å². The van der Waals surface area contributed by atoms with Crippen molar-refractivity contribution in [1.29, 1.82) is 0 Å². The van der Waals surface area contributed by atoms with Gasteiger partial charge in [-0.05, 0) is 50.8 Å². The Morgan fingerprint density at radius 2 is 1.96 bits per heavy atom. The summed E-state index contributed by atoms with van der Waals surface area (Å²) in [5.74, 6) is 1.97. The molecule has 0 spiro atoms. The number of carbonyl (C=O) groups is 1. The molecule has 1 aromatic heterocycles. The summed E-state index contributed by atoms with van der Waals surface area (Å²) in [6.07, 6.45) is 5.02. The maximum Gasteiger partial charge on any atom is 0.228 e. The van der Waals surface area contributed by atoms with E-state index in [1.807, 2.05) is 27.8 Å². The van der Waals surface area contributed by atoms with Crippen molar-refractivity contribution in [2.75, 3.05) is 12.0 Å². The fourth-order valence-corrected chi connectivity index (χ4v) is 3.49. The molecule has 0 aliphatic carbocycles. The molecule has 2 aromatic rings. The molecule has 0 saturated carbocycles. The minimum atomic E-state index is 0.185. The number of benzene rings is 1. The Morgan fingerprint density at radius 1 is 1.21 bits per heavy atom. The number of rotatable bonds is 5. The molecule has 5 heteroatoms. The Bertz CT molecular complexity index is 693. The third-order valence-electron chi connectivity index (χ3n) is 4.72. The van der Waals surface area contributed by atoms with E-state index >= 15 is 0 Å². The largest absolute Gasteiger partial charge is 0.497 e. The lowest BCUT2D eigenvalue weighted by Gasteiger charge is -2.37. The minimum absolute atomic E-state index is 0.185. The van der Waals surface area contributed by atoms with Gasteiger partial charge in [-0.15, -0.1) is 0 Å². The van der Waals surface area contributed by atoms with Crippen LogP contribution in [0.4, 0.5) is 5.82 Å². The number of hydrogen-bond donors (Lipinski definition) is 0. The second-order valence-corrected chi connectivity index (χ2v) is 6.53. The molecule has 0 radical (unpaired) electrons. The maximum atomic E-state index is 12.7. The van der Waals surface area contributed by atoms with E-state index in [1.54, 1.807) is 13.3 Å². The van der Waals surface area contributed by atoms with E-state index in [2.05, 4.69) is 31.1 Å². The van der Waals surface area contributed by atoms with Crippen molar-refractivity contribution in [3.8, 4) is 5.75 Å².